The van der Waals surface area contributed by atoms with E-state index in [1.807, 2.05) is 31.2 Å². The van der Waals surface area contributed by atoms with Crippen LogP contribution in [-0.2, 0) is 4.79 Å². The number of nitrogens with zero attached hydrogens (tertiary/aromatic N) is 1. The van der Waals surface area contributed by atoms with Gasteiger partial charge in [0.05, 0.1) is 0 Å². The van der Waals surface area contributed by atoms with Crippen LogP contribution in [0, 0.1) is 6.92 Å². The average Bonchev–Trinajstić information content (AvgIpc) is 2.49. The first-order chi connectivity index (χ1) is 10.1. The number of aromatic nitrogens is 1. The third-order valence-electron chi connectivity index (χ3n) is 2.94. The predicted molar refractivity (Wildman–Crippen MR) is 84.6 cm³/mol. The largest absolute Gasteiger partial charge is 0.393 e. The van der Waals surface area contributed by atoms with Crippen molar-refractivity contribution >= 4 is 17.4 Å². The lowest BCUT2D eigenvalue weighted by molar-refractivity contribution is -0.113. The number of nitrogens with two attached hydrogens (primary N) is 1. The van der Waals surface area contributed by atoms with Crippen LogP contribution in [0.15, 0.2) is 60.1 Å². The maximum Gasteiger partial charge on any atom is 0.274 e. The zero-order chi connectivity index (χ0) is 15.2. The molecule has 1 aromatic heterocycles. The molecule has 0 bridgehead atoms. The molecule has 0 aliphatic heterocycles. The van der Waals surface area contributed by atoms with Gasteiger partial charge in [0.25, 0.3) is 5.91 Å². The van der Waals surface area contributed by atoms with Gasteiger partial charge in [-0.25, -0.2) is 4.98 Å². The number of carbonyl (C=O) groups is 1. The lowest BCUT2D eigenvalue weighted by Gasteiger charge is -2.11. The Hall–Kier alpha value is -2.82. The summed E-state index contributed by atoms with van der Waals surface area (Å²) in [5.74, 6) is 0.0828. The SMILES string of the molecule is C/C(Nc1ccc(C)cc1)=C(/N)C(=O)Nc1ccccn1. The van der Waals surface area contributed by atoms with E-state index in [2.05, 4.69) is 15.6 Å². The van der Waals surface area contributed by atoms with Crippen LogP contribution in [0.1, 0.15) is 12.5 Å². The van der Waals surface area contributed by atoms with Gasteiger partial charge in [0.15, 0.2) is 0 Å². The molecule has 2 aromatic rings. The number of benzene rings is 1. The Morgan fingerprint density at radius 3 is 2.43 bits per heavy atom. The minimum Gasteiger partial charge on any atom is -0.393 e. The third-order valence-corrected chi connectivity index (χ3v) is 2.94. The number of hydrogen-bond donors (Lipinski definition) is 3. The average molecular weight is 282 g/mol. The lowest BCUT2D eigenvalue weighted by atomic mass is 10.2. The van der Waals surface area contributed by atoms with E-state index in [0.29, 0.717) is 11.5 Å². The fourth-order valence-corrected chi connectivity index (χ4v) is 1.71. The molecule has 0 radical (unpaired) electrons. The summed E-state index contributed by atoms with van der Waals surface area (Å²) < 4.78 is 0. The van der Waals surface area contributed by atoms with Gasteiger partial charge < -0.3 is 16.4 Å². The fourth-order valence-electron chi connectivity index (χ4n) is 1.71. The zero-order valence-corrected chi connectivity index (χ0v) is 12.1. The molecule has 1 heterocycles. The van der Waals surface area contributed by atoms with Gasteiger partial charge in [0.2, 0.25) is 0 Å². The van der Waals surface area contributed by atoms with E-state index in [0.717, 1.165) is 5.69 Å². The Morgan fingerprint density at radius 2 is 1.81 bits per heavy atom. The van der Waals surface area contributed by atoms with Gasteiger partial charge in [0.1, 0.15) is 11.5 Å². The van der Waals surface area contributed by atoms with E-state index in [1.165, 1.54) is 5.56 Å². The van der Waals surface area contributed by atoms with Crippen molar-refractivity contribution in [3.05, 3.63) is 65.6 Å². The molecule has 0 fully saturated rings. The standard InChI is InChI=1S/C16H18N4O/c1-11-6-8-13(9-7-11)19-12(2)15(17)16(21)20-14-5-3-4-10-18-14/h3-10,19H,17H2,1-2H3,(H,18,20,21)/b15-12-. The van der Waals surface area contributed by atoms with Gasteiger partial charge in [0, 0.05) is 17.6 Å². The molecule has 2 rings (SSSR count). The molecule has 0 aliphatic carbocycles. The monoisotopic (exact) mass is 282 g/mol. The highest BCUT2D eigenvalue weighted by molar-refractivity contribution is 6.03. The molecule has 5 heteroatoms. The number of nitrogens with one attached hydrogen (secondary N) is 2. The highest BCUT2D eigenvalue weighted by Gasteiger charge is 2.10. The van der Waals surface area contributed by atoms with E-state index in [9.17, 15) is 4.79 Å². The maximum atomic E-state index is 12.0. The summed E-state index contributed by atoms with van der Waals surface area (Å²) in [5.41, 5.74) is 8.63. The molecule has 4 N–H and O–H groups in total. The van der Waals surface area contributed by atoms with Crippen molar-refractivity contribution in [2.45, 2.75) is 13.8 Å². The summed E-state index contributed by atoms with van der Waals surface area (Å²) in [6.45, 7) is 3.77. The summed E-state index contributed by atoms with van der Waals surface area (Å²) in [4.78, 5) is 16.0. The third kappa shape index (κ3) is 4.07. The minimum atomic E-state index is -0.384. The molecule has 0 unspecified atom stereocenters. The minimum absolute atomic E-state index is 0.126. The van der Waals surface area contributed by atoms with Crippen molar-refractivity contribution in [2.24, 2.45) is 5.73 Å². The molecule has 0 saturated heterocycles. The van der Waals surface area contributed by atoms with Gasteiger partial charge in [-0.1, -0.05) is 23.8 Å². The van der Waals surface area contributed by atoms with E-state index < -0.39 is 0 Å². The number of allylic oxidation sites excluding steroid dienone is 1. The van der Waals surface area contributed by atoms with Crippen LogP contribution in [0.25, 0.3) is 0 Å². The summed E-state index contributed by atoms with van der Waals surface area (Å²) in [7, 11) is 0. The van der Waals surface area contributed by atoms with Crippen LogP contribution in [-0.4, -0.2) is 10.9 Å². The second-order valence-corrected chi connectivity index (χ2v) is 4.70. The van der Waals surface area contributed by atoms with Crippen molar-refractivity contribution in [1.82, 2.24) is 4.98 Å². The lowest BCUT2D eigenvalue weighted by Crippen LogP contribution is -2.23. The van der Waals surface area contributed by atoms with Crippen LogP contribution < -0.4 is 16.4 Å². The first-order valence-corrected chi connectivity index (χ1v) is 6.58. The quantitative estimate of drug-likeness (QED) is 0.753. The van der Waals surface area contributed by atoms with Crippen molar-refractivity contribution in [3.63, 3.8) is 0 Å². The second-order valence-electron chi connectivity index (χ2n) is 4.70. The molecular weight excluding hydrogens is 264 g/mol. The van der Waals surface area contributed by atoms with Crippen LogP contribution >= 0.6 is 0 Å². The topological polar surface area (TPSA) is 80.0 Å². The number of amides is 1. The Labute approximate surface area is 123 Å². The van der Waals surface area contributed by atoms with Crippen molar-refractivity contribution < 1.29 is 4.79 Å². The Bertz CT molecular complexity index is 648. The van der Waals surface area contributed by atoms with Crippen LogP contribution in [0.5, 0.6) is 0 Å². The van der Waals surface area contributed by atoms with Gasteiger partial charge in [-0.3, -0.25) is 4.79 Å². The molecule has 1 amide bonds. The van der Waals surface area contributed by atoms with Crippen molar-refractivity contribution in [3.8, 4) is 0 Å². The zero-order valence-electron chi connectivity index (χ0n) is 12.1. The first kappa shape index (κ1) is 14.6. The number of aryl methyl sites for hydroxylation is 1. The molecule has 1 aromatic carbocycles. The molecule has 21 heavy (non-hydrogen) atoms. The molecule has 0 aliphatic rings. The summed E-state index contributed by atoms with van der Waals surface area (Å²) in [5, 5.41) is 5.75. The molecule has 0 saturated carbocycles. The fraction of sp³-hybridized carbons (Fsp3) is 0.125. The van der Waals surface area contributed by atoms with Crippen LogP contribution in [0.3, 0.4) is 0 Å². The number of carbonyl (C=O) groups excluding carboxylic acids is 1. The van der Waals surface area contributed by atoms with Gasteiger partial charge in [-0.2, -0.15) is 0 Å². The summed E-state index contributed by atoms with van der Waals surface area (Å²) in [6.07, 6.45) is 1.60. The van der Waals surface area contributed by atoms with E-state index in [1.54, 1.807) is 31.3 Å². The van der Waals surface area contributed by atoms with Crippen molar-refractivity contribution in [1.29, 1.82) is 0 Å². The highest BCUT2D eigenvalue weighted by atomic mass is 16.2. The Morgan fingerprint density at radius 1 is 1.10 bits per heavy atom. The van der Waals surface area contributed by atoms with Gasteiger partial charge in [-0.05, 0) is 38.1 Å². The number of anilines is 2. The van der Waals surface area contributed by atoms with E-state index in [4.69, 9.17) is 5.73 Å². The van der Waals surface area contributed by atoms with Gasteiger partial charge >= 0.3 is 0 Å². The number of pyridine rings is 1. The molecular formula is C16H18N4O. The van der Waals surface area contributed by atoms with E-state index in [-0.39, 0.29) is 11.6 Å². The Balaban J connectivity index is 2.07. The van der Waals surface area contributed by atoms with Crippen LogP contribution in [0.4, 0.5) is 11.5 Å². The summed E-state index contributed by atoms with van der Waals surface area (Å²) in [6, 6.07) is 13.1. The molecule has 0 spiro atoms. The molecule has 5 nitrogen and oxygen atoms in total. The second kappa shape index (κ2) is 6.56. The number of rotatable bonds is 4. The molecule has 108 valence electrons. The highest BCUT2D eigenvalue weighted by Crippen LogP contribution is 2.12. The maximum absolute atomic E-state index is 12.0. The predicted octanol–water partition coefficient (Wildman–Crippen LogP) is 2.63. The van der Waals surface area contributed by atoms with Crippen molar-refractivity contribution in [2.75, 3.05) is 10.6 Å². The van der Waals surface area contributed by atoms with E-state index >= 15 is 0 Å². The smallest absolute Gasteiger partial charge is 0.274 e. The number of hydrogen-bond acceptors (Lipinski definition) is 4. The Kier molecular flexibility index (Phi) is 4.56. The normalized spacial score (nSPS) is 11.5. The van der Waals surface area contributed by atoms with Crippen LogP contribution in [0.2, 0.25) is 0 Å². The van der Waals surface area contributed by atoms with Gasteiger partial charge in [-0.15, -0.1) is 0 Å². The first-order valence-electron chi connectivity index (χ1n) is 6.58. The summed E-state index contributed by atoms with van der Waals surface area (Å²) >= 11 is 0. The molecule has 0 atom stereocenters.